The molecule has 5 atom stereocenters. The maximum absolute atomic E-state index is 14.2. The van der Waals surface area contributed by atoms with E-state index in [0.29, 0.717) is 12.3 Å². The van der Waals surface area contributed by atoms with Gasteiger partial charge >= 0.3 is 13.6 Å². The van der Waals surface area contributed by atoms with Crippen molar-refractivity contribution in [1.29, 1.82) is 0 Å². The first kappa shape index (κ1) is 27.1. The minimum atomic E-state index is -3.76. The summed E-state index contributed by atoms with van der Waals surface area (Å²) in [4.78, 5) is 14.1. The van der Waals surface area contributed by atoms with Gasteiger partial charge in [0.2, 0.25) is 0 Å². The van der Waals surface area contributed by atoms with Crippen LogP contribution >= 0.6 is 7.60 Å². The highest BCUT2D eigenvalue weighted by Crippen LogP contribution is 2.77. The van der Waals surface area contributed by atoms with E-state index in [1.807, 2.05) is 36.4 Å². The van der Waals surface area contributed by atoms with E-state index in [4.69, 9.17) is 13.8 Å². The van der Waals surface area contributed by atoms with E-state index >= 15 is 0 Å². The molecule has 2 aliphatic carbocycles. The largest absolute Gasteiger partial charge is 0.461 e. The molecule has 36 heavy (non-hydrogen) atoms. The molecule has 2 aromatic carbocycles. The van der Waals surface area contributed by atoms with Crippen LogP contribution < -0.4 is 0 Å². The molecular weight excluding hydrogens is 471 g/mol. The van der Waals surface area contributed by atoms with Crippen LogP contribution in [0, 0.1) is 11.8 Å². The molecule has 2 aliphatic rings. The molecule has 5 nitrogen and oxygen atoms in total. The van der Waals surface area contributed by atoms with E-state index in [1.165, 1.54) is 5.56 Å². The Labute approximate surface area is 216 Å². The molecule has 0 aliphatic heterocycles. The molecule has 0 heterocycles. The van der Waals surface area contributed by atoms with Crippen LogP contribution in [0.1, 0.15) is 77.3 Å². The lowest BCUT2D eigenvalue weighted by Crippen LogP contribution is -2.45. The Morgan fingerprint density at radius 3 is 2.14 bits per heavy atom. The van der Waals surface area contributed by atoms with Gasteiger partial charge in [-0.1, -0.05) is 87.9 Å². The summed E-state index contributed by atoms with van der Waals surface area (Å²) in [7, 11) is -3.76. The first-order valence-electron chi connectivity index (χ1n) is 13.4. The van der Waals surface area contributed by atoms with Gasteiger partial charge in [-0.15, -0.1) is 0 Å². The SMILES string of the molecule is CCOP(=O)(OCC)[C@]1(C(=O)O[C@@H]2C[C@H](C)CC[C@H]2C(C)(C)c2ccccc2)C[C@H]1c1ccccc1. The first-order chi connectivity index (χ1) is 17.2. The molecule has 4 rings (SSSR count). The molecule has 0 bridgehead atoms. The summed E-state index contributed by atoms with van der Waals surface area (Å²) in [5.41, 5.74) is 2.03. The second kappa shape index (κ2) is 10.8. The predicted molar refractivity (Wildman–Crippen MR) is 143 cm³/mol. The van der Waals surface area contributed by atoms with Crippen LogP contribution in [-0.2, 0) is 28.6 Å². The lowest BCUT2D eigenvalue weighted by atomic mass is 9.64. The Morgan fingerprint density at radius 2 is 1.56 bits per heavy atom. The second-order valence-corrected chi connectivity index (χ2v) is 13.3. The van der Waals surface area contributed by atoms with Crippen molar-refractivity contribution in [1.82, 2.24) is 0 Å². The standard InChI is InChI=1S/C30H41O5P/c1-6-33-36(32,34-7-2)30(21-26(30)23-14-10-8-11-15-23)28(31)35-27-20-22(3)18-19-25(27)29(4,5)24-16-12-9-13-17-24/h8-17,22,25-27H,6-7,18-21H2,1-5H3/t22-,25-,26+,27-,30-/m1/s1. The van der Waals surface area contributed by atoms with Crippen molar-refractivity contribution in [2.45, 2.75) is 82.9 Å². The third-order valence-corrected chi connectivity index (χ3v) is 11.2. The summed E-state index contributed by atoms with van der Waals surface area (Å²) in [6.07, 6.45) is 3.02. The topological polar surface area (TPSA) is 61.8 Å². The van der Waals surface area contributed by atoms with Crippen molar-refractivity contribution >= 4 is 13.6 Å². The zero-order valence-corrected chi connectivity index (χ0v) is 23.2. The van der Waals surface area contributed by atoms with Gasteiger partial charge in [0.05, 0.1) is 13.2 Å². The molecule has 0 unspecified atom stereocenters. The summed E-state index contributed by atoms with van der Waals surface area (Å²) < 4.78 is 32.2. The number of esters is 1. The molecule has 0 N–H and O–H groups in total. The van der Waals surface area contributed by atoms with Gasteiger partial charge < -0.3 is 13.8 Å². The third kappa shape index (κ3) is 4.95. The molecule has 6 heteroatoms. The molecule has 196 valence electrons. The van der Waals surface area contributed by atoms with Gasteiger partial charge in [-0.25, -0.2) is 0 Å². The Hall–Kier alpha value is -1.94. The lowest BCUT2D eigenvalue weighted by Gasteiger charge is -2.44. The quantitative estimate of drug-likeness (QED) is 0.244. The summed E-state index contributed by atoms with van der Waals surface area (Å²) >= 11 is 0. The van der Waals surface area contributed by atoms with Crippen LogP contribution in [0.5, 0.6) is 0 Å². The van der Waals surface area contributed by atoms with Crippen LogP contribution in [0.15, 0.2) is 60.7 Å². The highest BCUT2D eigenvalue weighted by Gasteiger charge is 2.75. The van der Waals surface area contributed by atoms with Gasteiger partial charge in [0, 0.05) is 11.8 Å². The van der Waals surface area contributed by atoms with E-state index in [2.05, 4.69) is 45.0 Å². The summed E-state index contributed by atoms with van der Waals surface area (Å²) in [6, 6.07) is 20.2. The molecule has 0 spiro atoms. The smallest absolute Gasteiger partial charge is 0.348 e. The molecule has 2 aromatic rings. The Balaban J connectivity index is 1.67. The van der Waals surface area contributed by atoms with Crippen molar-refractivity contribution < 1.29 is 23.1 Å². The van der Waals surface area contributed by atoms with Crippen LogP contribution in [-0.4, -0.2) is 30.4 Å². The molecule has 0 amide bonds. The fraction of sp³-hybridized carbons (Fsp3) is 0.567. The van der Waals surface area contributed by atoms with Crippen molar-refractivity contribution in [3.8, 4) is 0 Å². The second-order valence-electron chi connectivity index (χ2n) is 11.0. The van der Waals surface area contributed by atoms with E-state index in [9.17, 15) is 9.36 Å². The van der Waals surface area contributed by atoms with Gasteiger partial charge in [0.1, 0.15) is 6.10 Å². The maximum Gasteiger partial charge on any atom is 0.348 e. The van der Waals surface area contributed by atoms with Crippen molar-refractivity contribution in [2.24, 2.45) is 11.8 Å². The Bertz CT molecular complexity index is 1060. The normalized spacial score (nSPS) is 28.5. The first-order valence-corrected chi connectivity index (χ1v) is 14.9. The molecule has 0 aromatic heterocycles. The maximum atomic E-state index is 14.2. The Morgan fingerprint density at radius 1 is 0.972 bits per heavy atom. The van der Waals surface area contributed by atoms with Crippen molar-refractivity contribution in [3.63, 3.8) is 0 Å². The van der Waals surface area contributed by atoms with Crippen molar-refractivity contribution in [3.05, 3.63) is 71.8 Å². The minimum Gasteiger partial charge on any atom is -0.461 e. The van der Waals surface area contributed by atoms with E-state index in [0.717, 1.165) is 24.8 Å². The fourth-order valence-electron chi connectivity index (χ4n) is 6.18. The number of carbonyl (C=O) groups excluding carboxylic acids is 1. The monoisotopic (exact) mass is 512 g/mol. The van der Waals surface area contributed by atoms with E-state index in [-0.39, 0.29) is 36.6 Å². The zero-order valence-electron chi connectivity index (χ0n) is 22.3. The van der Waals surface area contributed by atoms with Crippen LogP contribution in [0.4, 0.5) is 0 Å². The number of carbonyl (C=O) groups is 1. The van der Waals surface area contributed by atoms with Crippen LogP contribution in [0.2, 0.25) is 0 Å². The van der Waals surface area contributed by atoms with Gasteiger partial charge in [0.25, 0.3) is 0 Å². The zero-order chi connectivity index (χ0) is 26.0. The average Bonchev–Trinajstić information content (AvgIpc) is 3.63. The predicted octanol–water partition coefficient (Wildman–Crippen LogP) is 7.50. The summed E-state index contributed by atoms with van der Waals surface area (Å²) in [5.74, 6) is -0.0767. The Kier molecular flexibility index (Phi) is 8.14. The summed E-state index contributed by atoms with van der Waals surface area (Å²) in [5, 5.41) is -1.30. The summed E-state index contributed by atoms with van der Waals surface area (Å²) in [6.45, 7) is 10.7. The van der Waals surface area contributed by atoms with Gasteiger partial charge in [-0.3, -0.25) is 9.36 Å². The minimum absolute atomic E-state index is 0.157. The molecule has 0 radical (unpaired) electrons. The number of hydrogen-bond acceptors (Lipinski definition) is 5. The molecular formula is C30H41O5P. The highest BCUT2D eigenvalue weighted by atomic mass is 31.2. The number of hydrogen-bond donors (Lipinski definition) is 0. The fourth-order valence-corrected chi connectivity index (χ4v) is 8.61. The lowest BCUT2D eigenvalue weighted by molar-refractivity contribution is -0.157. The molecule has 2 saturated carbocycles. The van der Waals surface area contributed by atoms with Crippen LogP contribution in [0.3, 0.4) is 0 Å². The van der Waals surface area contributed by atoms with E-state index in [1.54, 1.807) is 13.8 Å². The molecule has 0 saturated heterocycles. The van der Waals surface area contributed by atoms with Crippen molar-refractivity contribution in [2.75, 3.05) is 13.2 Å². The molecule has 2 fully saturated rings. The van der Waals surface area contributed by atoms with Gasteiger partial charge in [-0.2, -0.15) is 0 Å². The number of benzene rings is 2. The average molecular weight is 513 g/mol. The highest BCUT2D eigenvalue weighted by molar-refractivity contribution is 7.57. The van der Waals surface area contributed by atoms with Gasteiger partial charge in [0.15, 0.2) is 5.16 Å². The van der Waals surface area contributed by atoms with Gasteiger partial charge in [-0.05, 0) is 55.6 Å². The van der Waals surface area contributed by atoms with E-state index < -0.39 is 18.7 Å². The number of ether oxygens (including phenoxy) is 1. The van der Waals surface area contributed by atoms with Crippen LogP contribution in [0.25, 0.3) is 0 Å². The third-order valence-electron chi connectivity index (χ3n) is 8.33. The number of rotatable bonds is 10.